The minimum absolute atomic E-state index is 0.0182. The van der Waals surface area contributed by atoms with Crippen LogP contribution in [0.5, 0.6) is 0 Å². The molecule has 0 aromatic rings. The number of hydrogen-bond acceptors (Lipinski definition) is 2. The number of amides is 2. The summed E-state index contributed by atoms with van der Waals surface area (Å²) in [4.78, 5) is 22.4. The Hall–Kier alpha value is -1.26. The van der Waals surface area contributed by atoms with E-state index in [1.54, 1.807) is 0 Å². The van der Waals surface area contributed by atoms with Gasteiger partial charge in [0, 0.05) is 12.1 Å². The Labute approximate surface area is 109 Å². The summed E-state index contributed by atoms with van der Waals surface area (Å²) in [5, 5.41) is 14.3. The van der Waals surface area contributed by atoms with Crippen molar-refractivity contribution in [2.75, 3.05) is 0 Å². The number of urea groups is 1. The molecule has 0 aromatic carbocycles. The fourth-order valence-electron chi connectivity index (χ4n) is 1.42. The molecular weight excluding hydrogens is 232 g/mol. The zero-order valence-corrected chi connectivity index (χ0v) is 12.0. The molecule has 0 bridgehead atoms. The van der Waals surface area contributed by atoms with Crippen molar-refractivity contribution in [3.05, 3.63) is 0 Å². The number of nitrogens with one attached hydrogen (secondary N) is 2. The van der Waals surface area contributed by atoms with Crippen molar-refractivity contribution in [1.29, 1.82) is 0 Å². The van der Waals surface area contributed by atoms with Crippen LogP contribution in [-0.2, 0) is 4.79 Å². The van der Waals surface area contributed by atoms with Gasteiger partial charge in [-0.15, -0.1) is 0 Å². The Morgan fingerprint density at radius 1 is 1.22 bits per heavy atom. The van der Waals surface area contributed by atoms with E-state index >= 15 is 0 Å². The van der Waals surface area contributed by atoms with Crippen LogP contribution in [0.2, 0.25) is 0 Å². The SMILES string of the molecule is CCCC(CC(=O)O)NC(=O)NC(C)C(C)(C)C. The highest BCUT2D eigenvalue weighted by molar-refractivity contribution is 5.76. The van der Waals surface area contributed by atoms with Crippen molar-refractivity contribution >= 4 is 12.0 Å². The van der Waals surface area contributed by atoms with Gasteiger partial charge in [0.1, 0.15) is 0 Å². The Morgan fingerprint density at radius 3 is 2.17 bits per heavy atom. The highest BCUT2D eigenvalue weighted by Crippen LogP contribution is 2.18. The third-order valence-electron chi connectivity index (χ3n) is 3.04. The first-order valence-corrected chi connectivity index (χ1v) is 6.45. The van der Waals surface area contributed by atoms with E-state index in [1.807, 2.05) is 34.6 Å². The minimum atomic E-state index is -0.891. The van der Waals surface area contributed by atoms with Crippen molar-refractivity contribution < 1.29 is 14.7 Å². The van der Waals surface area contributed by atoms with Gasteiger partial charge in [0.15, 0.2) is 0 Å². The van der Waals surface area contributed by atoms with Crippen LogP contribution >= 0.6 is 0 Å². The highest BCUT2D eigenvalue weighted by Gasteiger charge is 2.23. The fraction of sp³-hybridized carbons (Fsp3) is 0.846. The second kappa shape index (κ2) is 7.24. The van der Waals surface area contributed by atoms with Gasteiger partial charge >= 0.3 is 12.0 Å². The number of aliphatic carboxylic acids is 1. The predicted molar refractivity (Wildman–Crippen MR) is 71.5 cm³/mol. The quantitative estimate of drug-likeness (QED) is 0.684. The molecule has 0 fully saturated rings. The van der Waals surface area contributed by atoms with Crippen LogP contribution in [0.4, 0.5) is 4.79 Å². The summed E-state index contributed by atoms with van der Waals surface area (Å²) in [6.45, 7) is 10.0. The summed E-state index contributed by atoms with van der Waals surface area (Å²) in [6, 6.07) is -0.582. The first kappa shape index (κ1) is 16.7. The van der Waals surface area contributed by atoms with Gasteiger partial charge in [-0.3, -0.25) is 4.79 Å². The largest absolute Gasteiger partial charge is 0.481 e. The first-order valence-electron chi connectivity index (χ1n) is 6.45. The molecule has 3 N–H and O–H groups in total. The average molecular weight is 258 g/mol. The zero-order chi connectivity index (χ0) is 14.3. The van der Waals surface area contributed by atoms with E-state index in [1.165, 1.54) is 0 Å². The lowest BCUT2D eigenvalue weighted by atomic mass is 9.88. The van der Waals surface area contributed by atoms with Gasteiger partial charge in [-0.2, -0.15) is 0 Å². The van der Waals surface area contributed by atoms with Crippen LogP contribution in [0.3, 0.4) is 0 Å². The Bertz CT molecular complexity index is 284. The molecule has 0 radical (unpaired) electrons. The van der Waals surface area contributed by atoms with Crippen molar-refractivity contribution in [3.63, 3.8) is 0 Å². The van der Waals surface area contributed by atoms with Gasteiger partial charge in [-0.05, 0) is 18.8 Å². The molecule has 2 atom stereocenters. The second-order valence-electron chi connectivity index (χ2n) is 5.79. The summed E-state index contributed by atoms with van der Waals surface area (Å²) in [5.74, 6) is -0.891. The van der Waals surface area contributed by atoms with Crippen LogP contribution in [0.1, 0.15) is 53.9 Å². The lowest BCUT2D eigenvalue weighted by Gasteiger charge is -2.29. The number of hydrogen-bond donors (Lipinski definition) is 3. The topological polar surface area (TPSA) is 78.4 Å². The number of carboxylic acid groups (broad SMARTS) is 1. The lowest BCUT2D eigenvalue weighted by Crippen LogP contribution is -2.49. The van der Waals surface area contributed by atoms with Crippen LogP contribution in [-0.4, -0.2) is 29.2 Å². The highest BCUT2D eigenvalue weighted by atomic mass is 16.4. The molecule has 0 heterocycles. The molecule has 0 spiro atoms. The van der Waals surface area contributed by atoms with Gasteiger partial charge in [-0.25, -0.2) is 4.79 Å². The van der Waals surface area contributed by atoms with E-state index in [-0.39, 0.29) is 30.0 Å². The van der Waals surface area contributed by atoms with Gasteiger partial charge in [0.2, 0.25) is 0 Å². The maximum absolute atomic E-state index is 11.8. The Kier molecular flexibility index (Phi) is 6.73. The second-order valence-corrected chi connectivity index (χ2v) is 5.79. The smallest absolute Gasteiger partial charge is 0.315 e. The molecule has 0 aliphatic carbocycles. The summed E-state index contributed by atoms with van der Waals surface area (Å²) in [6.07, 6.45) is 1.47. The van der Waals surface area contributed by atoms with Crippen molar-refractivity contribution in [2.24, 2.45) is 5.41 Å². The van der Waals surface area contributed by atoms with E-state index in [9.17, 15) is 9.59 Å². The maximum Gasteiger partial charge on any atom is 0.315 e. The monoisotopic (exact) mass is 258 g/mol. The average Bonchev–Trinajstić information content (AvgIpc) is 2.14. The molecule has 5 nitrogen and oxygen atoms in total. The van der Waals surface area contributed by atoms with E-state index in [0.29, 0.717) is 6.42 Å². The van der Waals surface area contributed by atoms with Crippen LogP contribution in [0, 0.1) is 5.41 Å². The molecular formula is C13H26N2O3. The molecule has 0 saturated heterocycles. The number of rotatable bonds is 6. The molecule has 0 rings (SSSR count). The van der Waals surface area contributed by atoms with E-state index in [2.05, 4.69) is 10.6 Å². The summed E-state index contributed by atoms with van der Waals surface area (Å²) >= 11 is 0. The van der Waals surface area contributed by atoms with Crippen molar-refractivity contribution in [1.82, 2.24) is 10.6 Å². The maximum atomic E-state index is 11.8. The predicted octanol–water partition coefficient (Wildman–Crippen LogP) is 2.36. The van der Waals surface area contributed by atoms with Crippen molar-refractivity contribution in [2.45, 2.75) is 66.0 Å². The Morgan fingerprint density at radius 2 is 1.78 bits per heavy atom. The fourth-order valence-corrected chi connectivity index (χ4v) is 1.42. The van der Waals surface area contributed by atoms with Crippen molar-refractivity contribution in [3.8, 4) is 0 Å². The van der Waals surface area contributed by atoms with Gasteiger partial charge in [-0.1, -0.05) is 34.1 Å². The molecule has 18 heavy (non-hydrogen) atoms. The van der Waals surface area contributed by atoms with Gasteiger partial charge < -0.3 is 15.7 Å². The Balaban J connectivity index is 4.29. The molecule has 0 aliphatic rings. The van der Waals surface area contributed by atoms with Crippen LogP contribution < -0.4 is 10.6 Å². The molecule has 5 heteroatoms. The number of carbonyl (C=O) groups is 2. The van der Waals surface area contributed by atoms with E-state index < -0.39 is 5.97 Å². The third-order valence-corrected chi connectivity index (χ3v) is 3.04. The molecule has 0 aromatic heterocycles. The molecule has 2 amide bonds. The minimum Gasteiger partial charge on any atom is -0.481 e. The molecule has 0 aliphatic heterocycles. The number of carboxylic acids is 1. The summed E-state index contributed by atoms with van der Waals surface area (Å²) in [5.41, 5.74) is -0.0234. The summed E-state index contributed by atoms with van der Waals surface area (Å²) in [7, 11) is 0. The normalized spacial score (nSPS) is 14.7. The molecule has 2 unspecified atom stereocenters. The first-order chi connectivity index (χ1) is 8.16. The molecule has 106 valence electrons. The number of carbonyl (C=O) groups excluding carboxylic acids is 1. The third kappa shape index (κ3) is 7.14. The van der Waals surface area contributed by atoms with E-state index in [4.69, 9.17) is 5.11 Å². The molecule has 0 saturated carbocycles. The summed E-state index contributed by atoms with van der Waals surface area (Å²) < 4.78 is 0. The van der Waals surface area contributed by atoms with Crippen LogP contribution in [0.25, 0.3) is 0 Å². The lowest BCUT2D eigenvalue weighted by molar-refractivity contribution is -0.137. The standard InChI is InChI=1S/C13H26N2O3/c1-6-7-10(8-11(16)17)15-12(18)14-9(2)13(3,4)5/h9-10H,6-8H2,1-5H3,(H,16,17)(H2,14,15,18). The zero-order valence-electron chi connectivity index (χ0n) is 12.0. The van der Waals surface area contributed by atoms with E-state index in [0.717, 1.165) is 6.42 Å². The van der Waals surface area contributed by atoms with Gasteiger partial charge in [0.05, 0.1) is 6.42 Å². The van der Waals surface area contributed by atoms with Crippen LogP contribution in [0.15, 0.2) is 0 Å². The van der Waals surface area contributed by atoms with Gasteiger partial charge in [0.25, 0.3) is 0 Å².